The molecule has 3 saturated carbocycles. The van der Waals surface area contributed by atoms with Crippen molar-refractivity contribution in [2.75, 3.05) is 13.1 Å². The van der Waals surface area contributed by atoms with Crippen molar-refractivity contribution in [3.05, 3.63) is 11.6 Å². The van der Waals surface area contributed by atoms with Gasteiger partial charge in [-0.25, -0.2) is 4.79 Å². The number of nitrogens with one attached hydrogen (secondary N) is 1. The summed E-state index contributed by atoms with van der Waals surface area (Å²) < 4.78 is 5.77. The van der Waals surface area contributed by atoms with E-state index >= 15 is 0 Å². The van der Waals surface area contributed by atoms with E-state index in [-0.39, 0.29) is 12.2 Å². The van der Waals surface area contributed by atoms with Gasteiger partial charge in [-0.15, -0.1) is 0 Å². The fraction of sp³-hybridized carbons (Fsp3) is 0.906. The van der Waals surface area contributed by atoms with Gasteiger partial charge in [0.1, 0.15) is 6.10 Å². The van der Waals surface area contributed by atoms with Gasteiger partial charge in [-0.05, 0) is 104 Å². The number of hydrogen-bond donors (Lipinski definition) is 2. The lowest BCUT2D eigenvalue weighted by atomic mass is 9.47. The molecule has 4 nitrogen and oxygen atoms in total. The minimum absolute atomic E-state index is 0.0157. The maximum atomic E-state index is 12.1. The lowest BCUT2D eigenvalue weighted by Crippen LogP contribution is -2.51. The molecule has 4 rings (SSSR count). The second-order valence-corrected chi connectivity index (χ2v) is 13.9. The molecule has 0 aromatic rings. The molecule has 1 amide bonds. The Morgan fingerprint density at radius 2 is 1.89 bits per heavy atom. The Bertz CT molecular complexity index is 793. The number of hydrogen-bond acceptors (Lipinski definition) is 3. The van der Waals surface area contributed by atoms with Crippen molar-refractivity contribution in [2.24, 2.45) is 58.0 Å². The molecule has 4 heteroatoms. The lowest BCUT2D eigenvalue weighted by Gasteiger charge is -2.58. The molecule has 3 N–H and O–H groups in total. The summed E-state index contributed by atoms with van der Waals surface area (Å²) in [5.41, 5.74) is 7.92. The Hall–Kier alpha value is -1.03. The molecule has 4 aliphatic carbocycles. The Morgan fingerprint density at radius 3 is 2.58 bits per heavy atom. The first-order valence-electron chi connectivity index (χ1n) is 15.5. The molecule has 9 atom stereocenters. The van der Waals surface area contributed by atoms with Gasteiger partial charge in [0.25, 0.3) is 0 Å². The zero-order chi connectivity index (χ0) is 26.1. The lowest BCUT2D eigenvalue weighted by molar-refractivity contribution is -0.0583. The number of nitrogens with two attached hydrogens (primary N) is 1. The first kappa shape index (κ1) is 28.0. The summed E-state index contributed by atoms with van der Waals surface area (Å²) in [6.07, 6.45) is 16.5. The highest BCUT2D eigenvalue weighted by Gasteiger charge is 2.59. The summed E-state index contributed by atoms with van der Waals surface area (Å²) in [5, 5.41) is 2.77. The van der Waals surface area contributed by atoms with Crippen LogP contribution in [0.25, 0.3) is 0 Å². The second kappa shape index (κ2) is 11.4. The van der Waals surface area contributed by atoms with Crippen molar-refractivity contribution in [1.82, 2.24) is 5.32 Å². The van der Waals surface area contributed by atoms with Crippen LogP contribution in [0, 0.1) is 52.3 Å². The summed E-state index contributed by atoms with van der Waals surface area (Å²) >= 11 is 0. The second-order valence-electron chi connectivity index (χ2n) is 13.9. The van der Waals surface area contributed by atoms with Crippen molar-refractivity contribution in [2.45, 2.75) is 118 Å². The van der Waals surface area contributed by atoms with Crippen molar-refractivity contribution in [3.8, 4) is 0 Å². The number of amides is 1. The van der Waals surface area contributed by atoms with Gasteiger partial charge < -0.3 is 15.8 Å². The van der Waals surface area contributed by atoms with Gasteiger partial charge in [-0.1, -0.05) is 66.0 Å². The Balaban J connectivity index is 1.41. The predicted octanol–water partition coefficient (Wildman–Crippen LogP) is 7.72. The highest BCUT2D eigenvalue weighted by molar-refractivity contribution is 5.67. The maximum absolute atomic E-state index is 12.1. The van der Waals surface area contributed by atoms with Gasteiger partial charge in [-0.3, -0.25) is 0 Å². The third kappa shape index (κ3) is 5.27. The minimum atomic E-state index is -0.304. The maximum Gasteiger partial charge on any atom is 0.407 e. The fourth-order valence-electron chi connectivity index (χ4n) is 9.76. The number of fused-ring (bicyclic) bond motifs is 5. The largest absolute Gasteiger partial charge is 0.446 e. The zero-order valence-corrected chi connectivity index (χ0v) is 24.3. The first-order chi connectivity index (χ1) is 17.1. The monoisotopic (exact) mass is 500 g/mol. The molecule has 0 bridgehead atoms. The molecule has 0 saturated heterocycles. The van der Waals surface area contributed by atoms with Gasteiger partial charge in [0.05, 0.1) is 0 Å². The van der Waals surface area contributed by atoms with Crippen LogP contribution < -0.4 is 11.1 Å². The third-order valence-corrected chi connectivity index (χ3v) is 12.0. The summed E-state index contributed by atoms with van der Waals surface area (Å²) in [7, 11) is 0. The van der Waals surface area contributed by atoms with E-state index < -0.39 is 0 Å². The van der Waals surface area contributed by atoms with Crippen molar-refractivity contribution >= 4 is 6.09 Å². The van der Waals surface area contributed by atoms with Crippen molar-refractivity contribution in [3.63, 3.8) is 0 Å². The van der Waals surface area contributed by atoms with E-state index in [1.165, 1.54) is 51.4 Å². The molecule has 0 spiro atoms. The van der Waals surface area contributed by atoms with Crippen LogP contribution >= 0.6 is 0 Å². The first-order valence-corrected chi connectivity index (χ1v) is 15.5. The smallest absolute Gasteiger partial charge is 0.407 e. The Labute approximate surface area is 222 Å². The molecule has 3 fully saturated rings. The molecule has 0 aromatic heterocycles. The Kier molecular flexibility index (Phi) is 8.85. The van der Waals surface area contributed by atoms with Gasteiger partial charge in [0.2, 0.25) is 0 Å². The summed E-state index contributed by atoms with van der Waals surface area (Å²) in [4.78, 5) is 12.1. The van der Waals surface area contributed by atoms with Crippen LogP contribution in [-0.2, 0) is 4.74 Å². The van der Waals surface area contributed by atoms with E-state index in [0.717, 1.165) is 60.7 Å². The molecule has 0 aliphatic heterocycles. The quantitative estimate of drug-likeness (QED) is 0.319. The van der Waals surface area contributed by atoms with Gasteiger partial charge in [0, 0.05) is 19.5 Å². The Morgan fingerprint density at radius 1 is 1.11 bits per heavy atom. The van der Waals surface area contributed by atoms with E-state index in [0.29, 0.717) is 23.9 Å². The van der Waals surface area contributed by atoms with Crippen molar-refractivity contribution < 1.29 is 9.53 Å². The number of carbonyl (C=O) groups excluding carboxylic acids is 1. The van der Waals surface area contributed by atoms with E-state index in [2.05, 4.69) is 52.9 Å². The highest BCUT2D eigenvalue weighted by Crippen LogP contribution is 2.67. The molecule has 206 valence electrons. The van der Waals surface area contributed by atoms with Crippen LogP contribution in [0.15, 0.2) is 11.6 Å². The van der Waals surface area contributed by atoms with E-state index in [1.54, 1.807) is 5.57 Å². The van der Waals surface area contributed by atoms with E-state index in [9.17, 15) is 4.79 Å². The van der Waals surface area contributed by atoms with Crippen LogP contribution in [-0.4, -0.2) is 25.3 Å². The van der Waals surface area contributed by atoms with Gasteiger partial charge >= 0.3 is 6.09 Å². The summed E-state index contributed by atoms with van der Waals surface area (Å²) in [5.74, 6) is 6.01. The zero-order valence-electron chi connectivity index (χ0n) is 24.3. The average Bonchev–Trinajstić information content (AvgIpc) is 3.20. The van der Waals surface area contributed by atoms with Crippen LogP contribution in [0.3, 0.4) is 0 Å². The highest BCUT2D eigenvalue weighted by atomic mass is 16.6. The fourth-order valence-corrected chi connectivity index (χ4v) is 9.76. The summed E-state index contributed by atoms with van der Waals surface area (Å²) in [6.45, 7) is 16.0. The van der Waals surface area contributed by atoms with Crippen LogP contribution in [0.4, 0.5) is 4.79 Å². The van der Waals surface area contributed by atoms with E-state index in [4.69, 9.17) is 10.5 Å². The normalized spacial score (nSPS) is 39.4. The third-order valence-electron chi connectivity index (χ3n) is 12.0. The number of rotatable bonds is 9. The van der Waals surface area contributed by atoms with Crippen LogP contribution in [0.2, 0.25) is 0 Å². The van der Waals surface area contributed by atoms with E-state index in [1.807, 2.05) is 0 Å². The number of alkyl carbamates (subject to hydrolysis) is 1. The average molecular weight is 501 g/mol. The molecule has 0 aromatic carbocycles. The SMILES string of the molecule is CC[C@H](CC[C@@H](C)[C@H]1CC[C@H]2[C@@H]3CC=C4C[C@@H](OC(=O)NCCN)CC[C@]4(C)[C@H]3CC[C@]12C)C(C)C. The van der Waals surface area contributed by atoms with Crippen LogP contribution in [0.5, 0.6) is 0 Å². The van der Waals surface area contributed by atoms with Crippen molar-refractivity contribution in [1.29, 1.82) is 0 Å². The molecule has 4 aliphatic rings. The minimum Gasteiger partial charge on any atom is -0.446 e. The van der Waals surface area contributed by atoms with Gasteiger partial charge in [0.15, 0.2) is 0 Å². The van der Waals surface area contributed by atoms with Crippen LogP contribution in [0.1, 0.15) is 112 Å². The summed E-state index contributed by atoms with van der Waals surface area (Å²) in [6, 6.07) is 0. The molecule has 0 unspecified atom stereocenters. The molecule has 0 heterocycles. The number of carbonyl (C=O) groups is 1. The standard InChI is InChI=1S/C32H56N2O2/c1-7-23(21(2)3)9-8-22(4)27-12-13-28-26-11-10-24-20-25(36-30(35)34-19-18-33)14-16-31(24,5)29(26)15-17-32(27,28)6/h10,21-23,25-29H,7-9,11-20,33H2,1-6H3,(H,34,35)/t22-,23-,25+,26+,27-,28+,29+,31+,32-/m1/s1. The van der Waals surface area contributed by atoms with Gasteiger partial charge in [-0.2, -0.15) is 0 Å². The molecular formula is C32H56N2O2. The molecule has 36 heavy (non-hydrogen) atoms. The molecular weight excluding hydrogens is 444 g/mol. The number of allylic oxidation sites excluding steroid dienone is 1. The molecule has 0 radical (unpaired) electrons. The predicted molar refractivity (Wildman–Crippen MR) is 150 cm³/mol. The number of ether oxygens (including phenoxy) is 1. The topological polar surface area (TPSA) is 64.3 Å².